The van der Waals surface area contributed by atoms with Crippen LogP contribution in [-0.2, 0) is 9.53 Å². The third-order valence-corrected chi connectivity index (χ3v) is 2.10. The summed E-state index contributed by atoms with van der Waals surface area (Å²) >= 11 is 0. The van der Waals surface area contributed by atoms with Gasteiger partial charge in [-0.05, 0) is 0 Å². The number of fused-ring (bicyclic) bond motifs is 1. The molecule has 0 amide bonds. The minimum absolute atomic E-state index is 0.00694. The van der Waals surface area contributed by atoms with E-state index in [1.54, 1.807) is 0 Å². The number of carbonyl (C=O) groups is 1. The molecule has 1 N–H and O–H groups in total. The second kappa shape index (κ2) is 2.12. The molecule has 3 heteroatoms. The van der Waals surface area contributed by atoms with Gasteiger partial charge < -0.3 is 9.84 Å². The fraction of sp³-hybridized carbons (Fsp3) is 0.375. The van der Waals surface area contributed by atoms with Crippen LogP contribution in [0.5, 0.6) is 0 Å². The zero-order valence-electron chi connectivity index (χ0n) is 5.86. The number of rotatable bonds is 0. The van der Waals surface area contributed by atoms with E-state index in [0.717, 1.165) is 12.7 Å². The highest BCUT2D eigenvalue weighted by atomic mass is 16.6. The third kappa shape index (κ3) is 0.770. The largest absolute Gasteiger partial charge is 0.515 e. The van der Waals surface area contributed by atoms with Crippen LogP contribution in [0.2, 0.25) is 0 Å². The summed E-state index contributed by atoms with van der Waals surface area (Å²) in [7, 11) is 0. The van der Waals surface area contributed by atoms with Crippen molar-refractivity contribution in [1.82, 2.24) is 0 Å². The molecule has 0 bridgehead atoms. The van der Waals surface area contributed by atoms with Crippen molar-refractivity contribution in [3.05, 3.63) is 24.0 Å². The first-order chi connectivity index (χ1) is 5.33. The van der Waals surface area contributed by atoms with Crippen LogP contribution in [0.1, 0.15) is 6.42 Å². The number of hydrogen-bond donors (Lipinski definition) is 1. The molecule has 1 fully saturated rings. The number of aliphatic hydroxyl groups is 1. The Kier molecular flexibility index (Phi) is 1.24. The van der Waals surface area contributed by atoms with Crippen LogP contribution in [0.3, 0.4) is 0 Å². The Morgan fingerprint density at radius 3 is 3.27 bits per heavy atom. The van der Waals surface area contributed by atoms with Crippen molar-refractivity contribution in [2.24, 2.45) is 5.92 Å². The first-order valence-electron chi connectivity index (χ1n) is 3.55. The summed E-state index contributed by atoms with van der Waals surface area (Å²) in [5, 5.41) is 8.69. The van der Waals surface area contributed by atoms with E-state index in [1.165, 1.54) is 0 Å². The third-order valence-electron chi connectivity index (χ3n) is 2.10. The predicted molar refractivity (Wildman–Crippen MR) is 37.8 cm³/mol. The quantitative estimate of drug-likeness (QED) is 0.243. The Hall–Kier alpha value is -1.25. The average molecular weight is 152 g/mol. The van der Waals surface area contributed by atoms with Gasteiger partial charge in [0, 0.05) is 12.3 Å². The molecule has 1 aliphatic heterocycles. The van der Waals surface area contributed by atoms with Crippen molar-refractivity contribution >= 4 is 5.97 Å². The highest BCUT2D eigenvalue weighted by Gasteiger charge is 2.40. The van der Waals surface area contributed by atoms with Gasteiger partial charge in [0.05, 0.1) is 11.8 Å². The number of hydrogen-bond acceptors (Lipinski definition) is 3. The molecule has 0 aromatic rings. The van der Waals surface area contributed by atoms with Gasteiger partial charge in [-0.15, -0.1) is 0 Å². The number of carbonyl (C=O) groups excluding carboxylic acids is 1. The number of esters is 1. The molecular weight excluding hydrogens is 144 g/mol. The van der Waals surface area contributed by atoms with E-state index in [1.807, 2.05) is 12.2 Å². The molecule has 0 aromatic heterocycles. The molecule has 0 unspecified atom stereocenters. The summed E-state index contributed by atoms with van der Waals surface area (Å²) < 4.78 is 4.96. The predicted octanol–water partition coefficient (Wildman–Crippen LogP) is 0.930. The molecule has 1 aliphatic carbocycles. The van der Waals surface area contributed by atoms with Crippen LogP contribution in [0.25, 0.3) is 0 Å². The van der Waals surface area contributed by atoms with Gasteiger partial charge in [-0.3, -0.25) is 0 Å². The van der Waals surface area contributed by atoms with E-state index < -0.39 is 0 Å². The lowest BCUT2D eigenvalue weighted by atomic mass is 10.0. The normalized spacial score (nSPS) is 37.8. The summed E-state index contributed by atoms with van der Waals surface area (Å²) in [6.45, 7) is 0. The van der Waals surface area contributed by atoms with E-state index in [0.29, 0.717) is 5.57 Å². The summed E-state index contributed by atoms with van der Waals surface area (Å²) in [5.74, 6) is -0.389. The van der Waals surface area contributed by atoms with E-state index in [4.69, 9.17) is 9.84 Å². The van der Waals surface area contributed by atoms with Crippen LogP contribution >= 0.6 is 0 Å². The van der Waals surface area contributed by atoms with Crippen LogP contribution in [0.15, 0.2) is 24.0 Å². The van der Waals surface area contributed by atoms with Crippen molar-refractivity contribution in [3.8, 4) is 0 Å². The van der Waals surface area contributed by atoms with E-state index in [9.17, 15) is 4.79 Å². The average Bonchev–Trinajstić information content (AvgIpc) is 2.46. The van der Waals surface area contributed by atoms with Crippen LogP contribution in [0.4, 0.5) is 0 Å². The molecule has 2 aliphatic rings. The van der Waals surface area contributed by atoms with Crippen molar-refractivity contribution in [2.75, 3.05) is 0 Å². The first kappa shape index (κ1) is 6.46. The fourth-order valence-corrected chi connectivity index (χ4v) is 1.54. The zero-order chi connectivity index (χ0) is 7.84. The molecule has 58 valence electrons. The standard InChI is InChI=1S/C8H8O3/c9-4-6-5-2-1-3-7(5)11-8(6)10/h1-2,4-5,7,9H,3H2/b6-4+/t5-,7-/m1/s1. The zero-order valence-corrected chi connectivity index (χ0v) is 5.86. The Morgan fingerprint density at radius 1 is 1.73 bits per heavy atom. The smallest absolute Gasteiger partial charge is 0.338 e. The molecule has 2 atom stereocenters. The summed E-state index contributed by atoms with van der Waals surface area (Å²) in [6, 6.07) is 0. The fourth-order valence-electron chi connectivity index (χ4n) is 1.54. The minimum Gasteiger partial charge on any atom is -0.515 e. The van der Waals surface area contributed by atoms with Gasteiger partial charge in [0.25, 0.3) is 0 Å². The molecule has 2 rings (SSSR count). The summed E-state index contributed by atoms with van der Waals surface area (Å²) in [6.07, 6.45) is 5.43. The maximum Gasteiger partial charge on any atom is 0.338 e. The lowest BCUT2D eigenvalue weighted by Crippen LogP contribution is -2.08. The maximum atomic E-state index is 10.9. The van der Waals surface area contributed by atoms with Gasteiger partial charge in [0.2, 0.25) is 0 Å². The Balaban J connectivity index is 2.33. The minimum atomic E-state index is -0.383. The highest BCUT2D eigenvalue weighted by Crippen LogP contribution is 2.34. The Labute approximate surface area is 64.0 Å². The molecule has 1 saturated heterocycles. The molecule has 3 nitrogen and oxygen atoms in total. The molecule has 11 heavy (non-hydrogen) atoms. The molecule has 0 saturated carbocycles. The second-order valence-corrected chi connectivity index (χ2v) is 2.72. The Morgan fingerprint density at radius 2 is 2.55 bits per heavy atom. The van der Waals surface area contributed by atoms with E-state index in [2.05, 4.69) is 0 Å². The lowest BCUT2D eigenvalue weighted by molar-refractivity contribution is -0.138. The van der Waals surface area contributed by atoms with E-state index in [-0.39, 0.29) is 18.0 Å². The van der Waals surface area contributed by atoms with Crippen LogP contribution in [0, 0.1) is 5.92 Å². The van der Waals surface area contributed by atoms with E-state index >= 15 is 0 Å². The van der Waals surface area contributed by atoms with Crippen molar-refractivity contribution < 1.29 is 14.6 Å². The maximum absolute atomic E-state index is 10.9. The van der Waals surface area contributed by atoms with Gasteiger partial charge in [-0.2, -0.15) is 0 Å². The first-order valence-corrected chi connectivity index (χ1v) is 3.55. The number of ether oxygens (including phenoxy) is 1. The van der Waals surface area contributed by atoms with Gasteiger partial charge in [0.1, 0.15) is 6.10 Å². The van der Waals surface area contributed by atoms with Crippen LogP contribution < -0.4 is 0 Å². The van der Waals surface area contributed by atoms with Crippen molar-refractivity contribution in [3.63, 3.8) is 0 Å². The molecule has 0 radical (unpaired) electrons. The monoisotopic (exact) mass is 152 g/mol. The topological polar surface area (TPSA) is 46.5 Å². The highest BCUT2D eigenvalue weighted by molar-refractivity contribution is 5.92. The number of aliphatic hydroxyl groups excluding tert-OH is 1. The molecule has 1 heterocycles. The summed E-state index contributed by atoms with van der Waals surface area (Å²) in [5.41, 5.74) is 0.378. The lowest BCUT2D eigenvalue weighted by Gasteiger charge is -2.03. The van der Waals surface area contributed by atoms with Gasteiger partial charge >= 0.3 is 5.97 Å². The summed E-state index contributed by atoms with van der Waals surface area (Å²) in [4.78, 5) is 10.9. The van der Waals surface area contributed by atoms with Gasteiger partial charge in [0.15, 0.2) is 0 Å². The van der Waals surface area contributed by atoms with Gasteiger partial charge in [-0.25, -0.2) is 4.79 Å². The molecule has 0 spiro atoms. The van der Waals surface area contributed by atoms with Crippen LogP contribution in [-0.4, -0.2) is 17.2 Å². The SMILES string of the molecule is O=C1O[C@@H]2CC=C[C@@H]2/C1=C\O. The molecular formula is C8H8O3. The second-order valence-electron chi connectivity index (χ2n) is 2.72. The van der Waals surface area contributed by atoms with Crippen molar-refractivity contribution in [1.29, 1.82) is 0 Å². The Bertz CT molecular complexity index is 252. The van der Waals surface area contributed by atoms with Gasteiger partial charge in [-0.1, -0.05) is 12.2 Å². The van der Waals surface area contributed by atoms with Crippen molar-refractivity contribution in [2.45, 2.75) is 12.5 Å². The molecule has 0 aromatic carbocycles.